The molecule has 40 heavy (non-hydrogen) atoms. The largest absolute Gasteiger partial charge is 0.486 e. The third-order valence-electron chi connectivity index (χ3n) is 6.89. The van der Waals surface area contributed by atoms with Gasteiger partial charge in [0.15, 0.2) is 11.5 Å². The van der Waals surface area contributed by atoms with Crippen molar-refractivity contribution in [2.75, 3.05) is 24.7 Å². The Hall–Kier alpha value is -4.65. The summed E-state index contributed by atoms with van der Waals surface area (Å²) in [7, 11) is 0. The second-order valence-electron chi connectivity index (χ2n) is 9.50. The minimum absolute atomic E-state index is 0.347. The van der Waals surface area contributed by atoms with E-state index in [9.17, 15) is 14.0 Å². The summed E-state index contributed by atoms with van der Waals surface area (Å²) in [5, 5.41) is 3.02. The summed E-state index contributed by atoms with van der Waals surface area (Å²) >= 11 is 0. The molecule has 1 atom stereocenters. The first-order valence-corrected chi connectivity index (χ1v) is 13.4. The highest BCUT2D eigenvalue weighted by Crippen LogP contribution is 2.36. The summed E-state index contributed by atoms with van der Waals surface area (Å²) in [6.07, 6.45) is 1.28. The zero-order valence-electron chi connectivity index (χ0n) is 22.3. The molecule has 0 bridgehead atoms. The molecule has 204 valence electrons. The zero-order valence-corrected chi connectivity index (χ0v) is 22.3. The number of para-hydroxylation sites is 1. The lowest BCUT2D eigenvalue weighted by molar-refractivity contribution is -0.122. The van der Waals surface area contributed by atoms with Gasteiger partial charge in [-0.2, -0.15) is 0 Å². The van der Waals surface area contributed by atoms with Crippen LogP contribution in [-0.2, 0) is 17.6 Å². The lowest BCUT2D eigenvalue weighted by atomic mass is 9.99. The summed E-state index contributed by atoms with van der Waals surface area (Å²) < 4.78 is 25.3. The van der Waals surface area contributed by atoms with E-state index < -0.39 is 11.9 Å². The molecule has 0 aromatic heterocycles. The van der Waals surface area contributed by atoms with E-state index in [2.05, 4.69) is 5.32 Å². The molecule has 1 heterocycles. The number of carbonyl (C=O) groups excluding carboxylic acids is 2. The SMILES string of the molecule is CCc1ccccc1N(C(=O)c1ccc2c(c1)OCCO2)[C@@H](C(=O)NCCc1ccccc1)c1ccc(F)cc1. The molecule has 0 saturated carbocycles. The fourth-order valence-electron chi connectivity index (χ4n) is 4.86. The molecule has 5 rings (SSSR count). The summed E-state index contributed by atoms with van der Waals surface area (Å²) in [6, 6.07) is 27.1. The first-order valence-electron chi connectivity index (χ1n) is 13.4. The lowest BCUT2D eigenvalue weighted by Crippen LogP contribution is -2.45. The molecule has 6 nitrogen and oxygen atoms in total. The minimum Gasteiger partial charge on any atom is -0.486 e. The van der Waals surface area contributed by atoms with E-state index in [-0.39, 0.29) is 11.8 Å². The van der Waals surface area contributed by atoms with Gasteiger partial charge in [-0.05, 0) is 65.9 Å². The van der Waals surface area contributed by atoms with Crippen molar-refractivity contribution >= 4 is 17.5 Å². The van der Waals surface area contributed by atoms with Gasteiger partial charge in [0.05, 0.1) is 0 Å². The van der Waals surface area contributed by atoms with Gasteiger partial charge in [-0.1, -0.05) is 67.6 Å². The molecule has 0 unspecified atom stereocenters. The van der Waals surface area contributed by atoms with Crippen LogP contribution in [0.3, 0.4) is 0 Å². The number of benzene rings is 4. The van der Waals surface area contributed by atoms with Crippen LogP contribution in [0, 0.1) is 5.82 Å². The Morgan fingerprint density at radius 1 is 0.875 bits per heavy atom. The molecule has 1 N–H and O–H groups in total. The number of nitrogens with one attached hydrogen (secondary N) is 1. The van der Waals surface area contributed by atoms with Crippen molar-refractivity contribution in [3.05, 3.63) is 125 Å². The fraction of sp³-hybridized carbons (Fsp3) is 0.212. The van der Waals surface area contributed by atoms with E-state index in [4.69, 9.17) is 9.47 Å². The van der Waals surface area contributed by atoms with E-state index in [0.717, 1.165) is 11.1 Å². The molecule has 2 amide bonds. The van der Waals surface area contributed by atoms with E-state index in [0.29, 0.717) is 60.9 Å². The number of carbonyl (C=O) groups is 2. The Balaban J connectivity index is 1.56. The Morgan fingerprint density at radius 2 is 1.57 bits per heavy atom. The molecule has 4 aromatic carbocycles. The predicted octanol–water partition coefficient (Wildman–Crippen LogP) is 5.91. The van der Waals surface area contributed by atoms with Crippen LogP contribution < -0.4 is 19.7 Å². The molecule has 0 spiro atoms. The van der Waals surface area contributed by atoms with Crippen molar-refractivity contribution in [1.82, 2.24) is 5.32 Å². The van der Waals surface area contributed by atoms with Crippen molar-refractivity contribution in [1.29, 1.82) is 0 Å². The maximum atomic E-state index is 14.4. The highest BCUT2D eigenvalue weighted by atomic mass is 19.1. The second kappa shape index (κ2) is 12.5. The average Bonchev–Trinajstić information content (AvgIpc) is 3.00. The van der Waals surface area contributed by atoms with E-state index in [1.165, 1.54) is 17.0 Å². The maximum absolute atomic E-state index is 14.4. The number of amides is 2. The molecule has 4 aromatic rings. The average molecular weight is 539 g/mol. The first kappa shape index (κ1) is 26.9. The number of ether oxygens (including phenoxy) is 2. The third-order valence-corrected chi connectivity index (χ3v) is 6.89. The number of halogens is 1. The summed E-state index contributed by atoms with van der Waals surface area (Å²) in [5.74, 6) is -0.126. The van der Waals surface area contributed by atoms with Gasteiger partial charge in [-0.15, -0.1) is 0 Å². The van der Waals surface area contributed by atoms with Gasteiger partial charge in [0, 0.05) is 17.8 Å². The molecule has 0 radical (unpaired) electrons. The van der Waals surface area contributed by atoms with Crippen molar-refractivity contribution in [3.8, 4) is 11.5 Å². The Labute approximate surface area is 233 Å². The van der Waals surface area contributed by atoms with Crippen molar-refractivity contribution < 1.29 is 23.5 Å². The van der Waals surface area contributed by atoms with Gasteiger partial charge in [-0.3, -0.25) is 14.5 Å². The predicted molar refractivity (Wildman–Crippen MR) is 152 cm³/mol. The monoisotopic (exact) mass is 538 g/mol. The normalized spacial score (nSPS) is 12.8. The quantitative estimate of drug-likeness (QED) is 0.288. The first-order chi connectivity index (χ1) is 19.5. The topological polar surface area (TPSA) is 67.9 Å². The standard InChI is InChI=1S/C33H31FN2O4/c1-2-24-10-6-7-11-28(24)36(33(38)26-14-17-29-30(22-26)40-21-20-39-29)31(25-12-15-27(34)16-13-25)32(37)35-19-18-23-8-4-3-5-9-23/h3-17,22,31H,2,18-21H2,1H3,(H,35,37)/t31-/m1/s1. The number of nitrogens with zero attached hydrogens (tertiary/aromatic N) is 1. The number of hydrogen-bond acceptors (Lipinski definition) is 4. The van der Waals surface area contributed by atoms with Crippen LogP contribution in [-0.4, -0.2) is 31.6 Å². The van der Waals surface area contributed by atoms with Crippen LogP contribution >= 0.6 is 0 Å². The highest BCUT2D eigenvalue weighted by molar-refractivity contribution is 6.10. The van der Waals surface area contributed by atoms with E-state index in [1.807, 2.05) is 61.5 Å². The van der Waals surface area contributed by atoms with Crippen molar-refractivity contribution in [3.63, 3.8) is 0 Å². The summed E-state index contributed by atoms with van der Waals surface area (Å²) in [4.78, 5) is 29.8. The molecule has 0 aliphatic carbocycles. The van der Waals surface area contributed by atoms with Gasteiger partial charge >= 0.3 is 0 Å². The Morgan fingerprint density at radius 3 is 2.33 bits per heavy atom. The minimum atomic E-state index is -1.05. The number of hydrogen-bond donors (Lipinski definition) is 1. The van der Waals surface area contributed by atoms with Crippen LogP contribution in [0.1, 0.15) is 40.0 Å². The van der Waals surface area contributed by atoms with Crippen LogP contribution in [0.2, 0.25) is 0 Å². The molecular weight excluding hydrogens is 507 g/mol. The van der Waals surface area contributed by atoms with Gasteiger partial charge in [-0.25, -0.2) is 4.39 Å². The zero-order chi connectivity index (χ0) is 27.9. The van der Waals surface area contributed by atoms with Crippen molar-refractivity contribution in [2.45, 2.75) is 25.8 Å². The molecular formula is C33H31FN2O4. The molecule has 7 heteroatoms. The van der Waals surface area contributed by atoms with Crippen LogP contribution in [0.4, 0.5) is 10.1 Å². The molecule has 1 aliphatic rings. The fourth-order valence-corrected chi connectivity index (χ4v) is 4.86. The van der Waals surface area contributed by atoms with Crippen LogP contribution in [0.25, 0.3) is 0 Å². The second-order valence-corrected chi connectivity index (χ2v) is 9.50. The van der Waals surface area contributed by atoms with Crippen LogP contribution in [0.15, 0.2) is 97.1 Å². The van der Waals surface area contributed by atoms with Crippen molar-refractivity contribution in [2.24, 2.45) is 0 Å². The van der Waals surface area contributed by atoms with Gasteiger partial charge in [0.2, 0.25) is 5.91 Å². The number of fused-ring (bicyclic) bond motifs is 1. The molecule has 0 saturated heterocycles. The smallest absolute Gasteiger partial charge is 0.259 e. The van der Waals surface area contributed by atoms with Gasteiger partial charge in [0.1, 0.15) is 25.1 Å². The Kier molecular flexibility index (Phi) is 8.40. The summed E-state index contributed by atoms with van der Waals surface area (Å²) in [5.41, 5.74) is 3.44. The summed E-state index contributed by atoms with van der Waals surface area (Å²) in [6.45, 7) is 3.20. The number of anilines is 1. The maximum Gasteiger partial charge on any atom is 0.259 e. The van der Waals surface area contributed by atoms with Gasteiger partial charge < -0.3 is 14.8 Å². The highest BCUT2D eigenvalue weighted by Gasteiger charge is 2.35. The third kappa shape index (κ3) is 5.99. The number of rotatable bonds is 9. The Bertz CT molecular complexity index is 1470. The molecule has 0 fully saturated rings. The van der Waals surface area contributed by atoms with E-state index >= 15 is 0 Å². The number of aryl methyl sites for hydroxylation is 1. The van der Waals surface area contributed by atoms with Crippen LogP contribution in [0.5, 0.6) is 11.5 Å². The molecule has 1 aliphatic heterocycles. The lowest BCUT2D eigenvalue weighted by Gasteiger charge is -2.33. The van der Waals surface area contributed by atoms with E-state index in [1.54, 1.807) is 30.3 Å². The van der Waals surface area contributed by atoms with Gasteiger partial charge in [0.25, 0.3) is 5.91 Å².